The maximum atomic E-state index is 11.4. The van der Waals surface area contributed by atoms with Gasteiger partial charge in [-0.2, -0.15) is 0 Å². The van der Waals surface area contributed by atoms with Gasteiger partial charge in [-0.05, 0) is 12.5 Å². The predicted molar refractivity (Wildman–Crippen MR) is 55.4 cm³/mol. The molecule has 0 radical (unpaired) electrons. The summed E-state index contributed by atoms with van der Waals surface area (Å²) in [4.78, 5) is 21.8. The third-order valence-electron chi connectivity index (χ3n) is 1.96. The number of rotatable bonds is 4. The Morgan fingerprint density at radius 3 is 2.47 bits per heavy atom. The molecule has 4 nitrogen and oxygen atoms in total. The van der Waals surface area contributed by atoms with Gasteiger partial charge in [-0.25, -0.2) is 0 Å². The maximum Gasteiger partial charge on any atom is 0.325 e. The zero-order chi connectivity index (χ0) is 11.3. The summed E-state index contributed by atoms with van der Waals surface area (Å²) < 4.78 is 0. The van der Waals surface area contributed by atoms with Crippen molar-refractivity contribution in [2.24, 2.45) is 0 Å². The van der Waals surface area contributed by atoms with Gasteiger partial charge in [0.25, 0.3) is 0 Å². The summed E-state index contributed by atoms with van der Waals surface area (Å²) in [6.07, 6.45) is 0.207. The summed E-state index contributed by atoms with van der Waals surface area (Å²) in [5, 5.41) is 11.0. The van der Waals surface area contributed by atoms with Crippen molar-refractivity contribution in [3.8, 4) is 0 Å². The first-order valence-electron chi connectivity index (χ1n) is 4.65. The summed E-state index contributed by atoms with van der Waals surface area (Å²) in [7, 11) is 0. The first kappa shape index (κ1) is 11.2. The van der Waals surface area contributed by atoms with E-state index in [0.717, 1.165) is 5.56 Å². The Bertz CT molecular complexity index is 348. The van der Waals surface area contributed by atoms with Crippen LogP contribution in [0.3, 0.4) is 0 Å². The van der Waals surface area contributed by atoms with Crippen LogP contribution in [-0.4, -0.2) is 23.0 Å². The molecule has 80 valence electrons. The van der Waals surface area contributed by atoms with Gasteiger partial charge < -0.3 is 10.4 Å². The van der Waals surface area contributed by atoms with Gasteiger partial charge in [0.15, 0.2) is 0 Å². The average Bonchev–Trinajstić information content (AvgIpc) is 2.18. The smallest absolute Gasteiger partial charge is 0.325 e. The van der Waals surface area contributed by atoms with Crippen molar-refractivity contribution in [1.82, 2.24) is 5.32 Å². The number of carbonyl (C=O) groups is 2. The SMILES string of the molecule is C[C@H](NC(=O)Cc1ccccc1)C(=O)O. The summed E-state index contributed by atoms with van der Waals surface area (Å²) in [5.41, 5.74) is 0.868. The number of benzene rings is 1. The fourth-order valence-electron chi connectivity index (χ4n) is 1.14. The van der Waals surface area contributed by atoms with Crippen LogP contribution in [0.5, 0.6) is 0 Å². The topological polar surface area (TPSA) is 66.4 Å². The minimum Gasteiger partial charge on any atom is -0.480 e. The van der Waals surface area contributed by atoms with Gasteiger partial charge in [-0.1, -0.05) is 30.3 Å². The number of carboxylic acids is 1. The second kappa shape index (κ2) is 5.14. The summed E-state index contributed by atoms with van der Waals surface area (Å²) >= 11 is 0. The number of nitrogens with one attached hydrogen (secondary N) is 1. The molecule has 4 heteroatoms. The molecular formula is C11H13NO3. The molecule has 0 aromatic heterocycles. The molecule has 0 heterocycles. The van der Waals surface area contributed by atoms with Crippen molar-refractivity contribution in [2.75, 3.05) is 0 Å². The summed E-state index contributed by atoms with van der Waals surface area (Å²) in [6, 6.07) is 8.34. The minimum atomic E-state index is -1.03. The Hall–Kier alpha value is -1.84. The normalized spacial score (nSPS) is 11.8. The Morgan fingerprint density at radius 1 is 1.33 bits per heavy atom. The summed E-state index contributed by atoms with van der Waals surface area (Å²) in [5.74, 6) is -1.31. The number of hydrogen-bond donors (Lipinski definition) is 2. The quantitative estimate of drug-likeness (QED) is 0.768. The Morgan fingerprint density at radius 2 is 1.93 bits per heavy atom. The van der Waals surface area contributed by atoms with E-state index < -0.39 is 12.0 Å². The van der Waals surface area contributed by atoms with Crippen LogP contribution < -0.4 is 5.32 Å². The van der Waals surface area contributed by atoms with E-state index in [4.69, 9.17) is 5.11 Å². The van der Waals surface area contributed by atoms with Crippen molar-refractivity contribution in [2.45, 2.75) is 19.4 Å². The molecule has 0 saturated carbocycles. The first-order chi connectivity index (χ1) is 7.09. The molecule has 1 aromatic carbocycles. The first-order valence-corrected chi connectivity index (χ1v) is 4.65. The van der Waals surface area contributed by atoms with Gasteiger partial charge >= 0.3 is 5.97 Å². The molecule has 1 aromatic rings. The standard InChI is InChI=1S/C11H13NO3/c1-8(11(14)15)12-10(13)7-9-5-3-2-4-6-9/h2-6,8H,7H2,1H3,(H,12,13)(H,14,15)/t8-/m0/s1. The van der Waals surface area contributed by atoms with Gasteiger partial charge in [0.1, 0.15) is 6.04 Å². The van der Waals surface area contributed by atoms with E-state index in [1.807, 2.05) is 30.3 Å². The van der Waals surface area contributed by atoms with Crippen LogP contribution in [-0.2, 0) is 16.0 Å². The number of carbonyl (C=O) groups excluding carboxylic acids is 1. The molecule has 0 unspecified atom stereocenters. The van der Waals surface area contributed by atoms with Crippen molar-refractivity contribution >= 4 is 11.9 Å². The van der Waals surface area contributed by atoms with E-state index in [2.05, 4.69) is 5.32 Å². The monoisotopic (exact) mass is 207 g/mol. The van der Waals surface area contributed by atoms with E-state index in [9.17, 15) is 9.59 Å². The highest BCUT2D eigenvalue weighted by atomic mass is 16.4. The zero-order valence-electron chi connectivity index (χ0n) is 8.43. The fraction of sp³-hybridized carbons (Fsp3) is 0.273. The van der Waals surface area contributed by atoms with Crippen LogP contribution in [0, 0.1) is 0 Å². The van der Waals surface area contributed by atoms with E-state index in [0.29, 0.717) is 0 Å². The molecule has 1 atom stereocenters. The van der Waals surface area contributed by atoms with Crippen LogP contribution in [0.2, 0.25) is 0 Å². The second-order valence-electron chi connectivity index (χ2n) is 3.29. The molecule has 0 saturated heterocycles. The lowest BCUT2D eigenvalue weighted by molar-refractivity contribution is -0.141. The lowest BCUT2D eigenvalue weighted by Crippen LogP contribution is -2.39. The highest BCUT2D eigenvalue weighted by molar-refractivity contribution is 5.84. The molecule has 0 aliphatic carbocycles. The molecule has 0 bridgehead atoms. The largest absolute Gasteiger partial charge is 0.480 e. The molecule has 0 fully saturated rings. The molecule has 0 aliphatic heterocycles. The lowest BCUT2D eigenvalue weighted by Gasteiger charge is -2.08. The molecule has 15 heavy (non-hydrogen) atoms. The number of amides is 1. The molecule has 1 amide bonds. The minimum absolute atomic E-state index is 0.207. The number of aliphatic carboxylic acids is 1. The van der Waals surface area contributed by atoms with E-state index in [1.165, 1.54) is 6.92 Å². The predicted octanol–water partition coefficient (Wildman–Crippen LogP) is 0.818. The summed E-state index contributed by atoms with van der Waals surface area (Å²) in [6.45, 7) is 1.44. The van der Waals surface area contributed by atoms with Crippen LogP contribution in [0.25, 0.3) is 0 Å². The fourth-order valence-corrected chi connectivity index (χ4v) is 1.14. The van der Waals surface area contributed by atoms with Crippen molar-refractivity contribution in [1.29, 1.82) is 0 Å². The van der Waals surface area contributed by atoms with E-state index in [-0.39, 0.29) is 12.3 Å². The molecule has 0 spiro atoms. The Kier molecular flexibility index (Phi) is 3.85. The van der Waals surface area contributed by atoms with Gasteiger partial charge in [0.2, 0.25) is 5.91 Å². The highest BCUT2D eigenvalue weighted by Gasteiger charge is 2.13. The van der Waals surface area contributed by atoms with Crippen LogP contribution in [0.1, 0.15) is 12.5 Å². The second-order valence-corrected chi connectivity index (χ2v) is 3.29. The Labute approximate surface area is 87.9 Å². The number of hydrogen-bond acceptors (Lipinski definition) is 2. The van der Waals surface area contributed by atoms with Gasteiger partial charge in [-0.3, -0.25) is 9.59 Å². The third kappa shape index (κ3) is 3.81. The maximum absolute atomic E-state index is 11.4. The van der Waals surface area contributed by atoms with Gasteiger partial charge in [0, 0.05) is 0 Å². The van der Waals surface area contributed by atoms with Crippen molar-refractivity contribution in [3.63, 3.8) is 0 Å². The van der Waals surface area contributed by atoms with E-state index in [1.54, 1.807) is 0 Å². The Balaban J connectivity index is 2.47. The highest BCUT2D eigenvalue weighted by Crippen LogP contribution is 1.99. The molecule has 2 N–H and O–H groups in total. The number of carboxylic acid groups (broad SMARTS) is 1. The van der Waals surface area contributed by atoms with Crippen LogP contribution in [0.15, 0.2) is 30.3 Å². The van der Waals surface area contributed by atoms with E-state index >= 15 is 0 Å². The van der Waals surface area contributed by atoms with Gasteiger partial charge in [-0.15, -0.1) is 0 Å². The van der Waals surface area contributed by atoms with Gasteiger partial charge in [0.05, 0.1) is 6.42 Å². The third-order valence-corrected chi connectivity index (χ3v) is 1.96. The van der Waals surface area contributed by atoms with Crippen molar-refractivity contribution < 1.29 is 14.7 Å². The molecule has 1 rings (SSSR count). The lowest BCUT2D eigenvalue weighted by atomic mass is 10.1. The van der Waals surface area contributed by atoms with Crippen LogP contribution >= 0.6 is 0 Å². The van der Waals surface area contributed by atoms with Crippen LogP contribution in [0.4, 0.5) is 0 Å². The average molecular weight is 207 g/mol. The van der Waals surface area contributed by atoms with Crippen molar-refractivity contribution in [3.05, 3.63) is 35.9 Å². The molecule has 0 aliphatic rings. The molecular weight excluding hydrogens is 194 g/mol. The zero-order valence-corrected chi connectivity index (χ0v) is 8.43.